The van der Waals surface area contributed by atoms with Gasteiger partial charge in [-0.25, -0.2) is 13.6 Å². The van der Waals surface area contributed by atoms with Gasteiger partial charge in [-0.3, -0.25) is 4.79 Å². The van der Waals surface area contributed by atoms with Gasteiger partial charge in [0.2, 0.25) is 0 Å². The van der Waals surface area contributed by atoms with Crippen molar-refractivity contribution < 1.29 is 32.3 Å². The molecule has 1 fully saturated rings. The monoisotopic (exact) mass is 261 g/mol. The van der Waals surface area contributed by atoms with E-state index in [4.69, 9.17) is 5.11 Å². The molecule has 9 heteroatoms. The van der Waals surface area contributed by atoms with E-state index in [9.17, 15) is 27.2 Å². The zero-order valence-electron chi connectivity index (χ0n) is 7.70. The standard InChI is InChI=1S/C7H7F4NO3S/c8-5(9)7(10,11)6(15)12-2-16-1-3(12)4(13)14/h3,5H,1-2H2,(H,13,14)/t3-/m0/s1. The molecule has 1 heterocycles. The molecule has 0 spiro atoms. The summed E-state index contributed by atoms with van der Waals surface area (Å²) in [6.45, 7) is 0. The molecule has 0 aromatic rings. The Morgan fingerprint density at radius 3 is 2.44 bits per heavy atom. The smallest absolute Gasteiger partial charge is 0.383 e. The third kappa shape index (κ3) is 2.23. The number of carboxylic acids is 1. The quantitative estimate of drug-likeness (QED) is 0.766. The molecule has 0 radical (unpaired) electrons. The largest absolute Gasteiger partial charge is 0.480 e. The van der Waals surface area contributed by atoms with E-state index in [-0.39, 0.29) is 16.5 Å². The minimum Gasteiger partial charge on any atom is -0.480 e. The number of hydrogen-bond acceptors (Lipinski definition) is 3. The van der Waals surface area contributed by atoms with Crippen molar-refractivity contribution in [3.05, 3.63) is 0 Å². The maximum Gasteiger partial charge on any atom is 0.383 e. The number of thioether (sulfide) groups is 1. The van der Waals surface area contributed by atoms with Crippen molar-refractivity contribution in [3.63, 3.8) is 0 Å². The van der Waals surface area contributed by atoms with Crippen LogP contribution in [0.4, 0.5) is 17.6 Å². The minimum absolute atomic E-state index is 0.0829. The first-order valence-electron chi connectivity index (χ1n) is 4.06. The number of aliphatic carboxylic acids is 1. The molecule has 1 aliphatic rings. The summed E-state index contributed by atoms with van der Waals surface area (Å²) < 4.78 is 49.2. The van der Waals surface area contributed by atoms with Crippen LogP contribution in [0.2, 0.25) is 0 Å². The molecule has 1 amide bonds. The summed E-state index contributed by atoms with van der Waals surface area (Å²) in [5.41, 5.74) is 0. The molecule has 0 aliphatic carbocycles. The lowest BCUT2D eigenvalue weighted by Gasteiger charge is -2.24. The first-order valence-corrected chi connectivity index (χ1v) is 5.21. The van der Waals surface area contributed by atoms with Crippen LogP contribution in [0.3, 0.4) is 0 Å². The number of halogens is 4. The lowest BCUT2D eigenvalue weighted by molar-refractivity contribution is -0.183. The zero-order valence-corrected chi connectivity index (χ0v) is 8.52. The van der Waals surface area contributed by atoms with Crippen LogP contribution in [0.1, 0.15) is 0 Å². The maximum absolute atomic E-state index is 12.7. The van der Waals surface area contributed by atoms with Gasteiger partial charge in [0.1, 0.15) is 6.04 Å². The third-order valence-corrected chi connectivity index (χ3v) is 3.00. The van der Waals surface area contributed by atoms with E-state index in [1.807, 2.05) is 0 Å². The Balaban J connectivity index is 2.85. The number of carbonyl (C=O) groups is 2. The fraction of sp³-hybridized carbons (Fsp3) is 0.714. The molecule has 0 unspecified atom stereocenters. The summed E-state index contributed by atoms with van der Waals surface area (Å²) in [4.78, 5) is 21.9. The van der Waals surface area contributed by atoms with Crippen molar-refractivity contribution in [2.75, 3.05) is 11.6 Å². The van der Waals surface area contributed by atoms with Gasteiger partial charge in [0.05, 0.1) is 5.88 Å². The molecular weight excluding hydrogens is 254 g/mol. The SMILES string of the molecule is O=C(O)[C@@H]1CSCN1C(=O)C(F)(F)C(F)F. The summed E-state index contributed by atoms with van der Waals surface area (Å²) >= 11 is 0.921. The van der Waals surface area contributed by atoms with Crippen molar-refractivity contribution in [1.82, 2.24) is 4.90 Å². The average molecular weight is 261 g/mol. The van der Waals surface area contributed by atoms with E-state index in [0.717, 1.165) is 11.8 Å². The topological polar surface area (TPSA) is 57.6 Å². The van der Waals surface area contributed by atoms with Crippen LogP contribution in [0.25, 0.3) is 0 Å². The highest BCUT2D eigenvalue weighted by Gasteiger charge is 2.54. The van der Waals surface area contributed by atoms with Crippen LogP contribution < -0.4 is 0 Å². The molecule has 16 heavy (non-hydrogen) atoms. The summed E-state index contributed by atoms with van der Waals surface area (Å²) in [6, 6.07) is -1.47. The van der Waals surface area contributed by atoms with Gasteiger partial charge in [-0.05, 0) is 0 Å². The molecule has 1 aliphatic heterocycles. The summed E-state index contributed by atoms with van der Waals surface area (Å²) in [5.74, 6) is -8.86. The van der Waals surface area contributed by atoms with Crippen LogP contribution in [-0.4, -0.2) is 51.9 Å². The third-order valence-electron chi connectivity index (χ3n) is 1.99. The normalized spacial score (nSPS) is 21.6. The molecule has 1 atom stereocenters. The zero-order chi connectivity index (χ0) is 12.5. The molecule has 0 aromatic heterocycles. The molecule has 0 bridgehead atoms. The van der Waals surface area contributed by atoms with Crippen molar-refractivity contribution in [1.29, 1.82) is 0 Å². The van der Waals surface area contributed by atoms with E-state index in [1.54, 1.807) is 0 Å². The first kappa shape index (κ1) is 13.1. The first-order chi connectivity index (χ1) is 7.28. The number of amides is 1. The predicted octanol–water partition coefficient (Wildman–Crippen LogP) is 0.873. The predicted molar refractivity (Wildman–Crippen MR) is 46.5 cm³/mol. The van der Waals surface area contributed by atoms with Gasteiger partial charge in [-0.1, -0.05) is 0 Å². The van der Waals surface area contributed by atoms with Crippen LogP contribution >= 0.6 is 11.8 Å². The highest BCUT2D eigenvalue weighted by molar-refractivity contribution is 7.99. The summed E-state index contributed by atoms with van der Waals surface area (Å²) in [7, 11) is 0. The molecule has 1 saturated heterocycles. The van der Waals surface area contributed by atoms with Crippen molar-refractivity contribution in [2.45, 2.75) is 18.4 Å². The number of hydrogen-bond donors (Lipinski definition) is 1. The molecule has 0 saturated carbocycles. The van der Waals surface area contributed by atoms with E-state index in [1.165, 1.54) is 0 Å². The molecule has 0 aromatic carbocycles. The Kier molecular flexibility index (Phi) is 3.66. The molecule has 92 valence electrons. The van der Waals surface area contributed by atoms with Crippen molar-refractivity contribution in [2.24, 2.45) is 0 Å². The van der Waals surface area contributed by atoms with Crippen LogP contribution in [-0.2, 0) is 9.59 Å². The number of nitrogens with zero attached hydrogens (tertiary/aromatic N) is 1. The van der Waals surface area contributed by atoms with E-state index < -0.39 is 30.3 Å². The number of alkyl halides is 4. The second kappa shape index (κ2) is 4.48. The van der Waals surface area contributed by atoms with Crippen molar-refractivity contribution >= 4 is 23.6 Å². The maximum atomic E-state index is 12.7. The fourth-order valence-corrected chi connectivity index (χ4v) is 2.28. The number of carbonyl (C=O) groups excluding carboxylic acids is 1. The van der Waals surface area contributed by atoms with Crippen molar-refractivity contribution in [3.8, 4) is 0 Å². The van der Waals surface area contributed by atoms with Crippen LogP contribution in [0, 0.1) is 0 Å². The van der Waals surface area contributed by atoms with Gasteiger partial charge in [-0.15, -0.1) is 11.8 Å². The summed E-state index contributed by atoms with van der Waals surface area (Å²) in [5, 5.41) is 8.60. The Morgan fingerprint density at radius 1 is 1.44 bits per heavy atom. The van der Waals surface area contributed by atoms with Gasteiger partial charge >= 0.3 is 24.2 Å². The molecule has 1 N–H and O–H groups in total. The molecular formula is C7H7F4NO3S. The van der Waals surface area contributed by atoms with Gasteiger partial charge in [0.15, 0.2) is 0 Å². The Hall–Kier alpha value is -0.990. The highest BCUT2D eigenvalue weighted by Crippen LogP contribution is 2.30. The lowest BCUT2D eigenvalue weighted by atomic mass is 10.2. The second-order valence-electron chi connectivity index (χ2n) is 3.05. The van der Waals surface area contributed by atoms with Gasteiger partial charge in [0, 0.05) is 5.75 Å². The summed E-state index contributed by atoms with van der Waals surface area (Å²) in [6.07, 6.45) is -4.14. The lowest BCUT2D eigenvalue weighted by Crippen LogP contribution is -2.52. The van der Waals surface area contributed by atoms with E-state index >= 15 is 0 Å². The Morgan fingerprint density at radius 2 is 2.00 bits per heavy atom. The van der Waals surface area contributed by atoms with E-state index in [2.05, 4.69) is 0 Å². The van der Waals surface area contributed by atoms with Gasteiger partial charge < -0.3 is 10.0 Å². The Bertz CT molecular complexity index is 312. The molecule has 1 rings (SSSR count). The number of carboxylic acid groups (broad SMARTS) is 1. The molecule has 4 nitrogen and oxygen atoms in total. The average Bonchev–Trinajstić information content (AvgIpc) is 2.64. The minimum atomic E-state index is -4.83. The van der Waals surface area contributed by atoms with Gasteiger partial charge in [0.25, 0.3) is 0 Å². The fourth-order valence-electron chi connectivity index (χ4n) is 1.13. The van der Waals surface area contributed by atoms with Crippen LogP contribution in [0.5, 0.6) is 0 Å². The van der Waals surface area contributed by atoms with E-state index in [0.29, 0.717) is 0 Å². The van der Waals surface area contributed by atoms with Gasteiger partial charge in [-0.2, -0.15) is 8.78 Å². The second-order valence-corrected chi connectivity index (χ2v) is 4.05. The highest BCUT2D eigenvalue weighted by atomic mass is 32.2. The number of rotatable bonds is 3. The Labute approximate surface area is 91.6 Å². The van der Waals surface area contributed by atoms with Crippen LogP contribution in [0.15, 0.2) is 0 Å².